The van der Waals surface area contributed by atoms with Gasteiger partial charge in [0, 0.05) is 0 Å². The first-order chi connectivity index (χ1) is 13.1. The molecule has 0 fully saturated rings. The van der Waals surface area contributed by atoms with Gasteiger partial charge >= 0.3 is 6.18 Å². The van der Waals surface area contributed by atoms with Crippen molar-refractivity contribution in [3.05, 3.63) is 56.9 Å². The van der Waals surface area contributed by atoms with Crippen molar-refractivity contribution in [2.75, 3.05) is 7.11 Å². The normalized spacial score (nSPS) is 11.8. The van der Waals surface area contributed by atoms with Gasteiger partial charge in [0.15, 0.2) is 17.8 Å². The lowest BCUT2D eigenvalue weighted by Gasteiger charge is -2.14. The third kappa shape index (κ3) is 5.77. The van der Waals surface area contributed by atoms with Crippen molar-refractivity contribution in [1.82, 2.24) is 0 Å². The van der Waals surface area contributed by atoms with E-state index in [2.05, 4.69) is 15.9 Å². The van der Waals surface area contributed by atoms with E-state index in [1.54, 1.807) is 12.1 Å². The third-order valence-electron chi connectivity index (χ3n) is 3.31. The number of rotatable bonds is 6. The van der Waals surface area contributed by atoms with Gasteiger partial charge in [0.2, 0.25) is 0 Å². The molecule has 0 radical (unpaired) electrons. The van der Waals surface area contributed by atoms with Gasteiger partial charge in [-0.3, -0.25) is 9.59 Å². The van der Waals surface area contributed by atoms with Crippen LogP contribution in [0.15, 0.2) is 45.8 Å². The first-order valence-corrected chi connectivity index (χ1v) is 9.11. The van der Waals surface area contributed by atoms with Crippen LogP contribution in [0.2, 0.25) is 0 Å². The molecule has 0 saturated heterocycles. The van der Waals surface area contributed by atoms with Crippen molar-refractivity contribution in [1.29, 1.82) is 0 Å². The molecule has 1 amide bonds. The first kappa shape index (κ1) is 21.8. The molecule has 0 aliphatic carbocycles. The maximum atomic E-state index is 12.8. The van der Waals surface area contributed by atoms with Crippen molar-refractivity contribution in [3.8, 4) is 17.2 Å². The maximum absolute atomic E-state index is 12.8. The molecule has 2 aromatic carbocycles. The van der Waals surface area contributed by atoms with Gasteiger partial charge in [0.05, 0.1) is 22.1 Å². The van der Waals surface area contributed by atoms with Gasteiger partial charge in [-0.25, -0.2) is 0 Å². The summed E-state index contributed by atoms with van der Waals surface area (Å²) < 4.78 is 49.3. The Kier molecular flexibility index (Phi) is 7.14. The number of carbonyl (C=O) groups is 2. The molecule has 148 valence electrons. The number of halogens is 4. The monoisotopic (exact) mass is 475 g/mol. The van der Waals surface area contributed by atoms with Crippen molar-refractivity contribution in [3.63, 3.8) is 0 Å². The summed E-state index contributed by atoms with van der Waals surface area (Å²) >= 11 is 3.64. The number of hydrogen-bond acceptors (Lipinski definition) is 5. The Morgan fingerprint density at radius 2 is 1.82 bits per heavy atom. The summed E-state index contributed by atoms with van der Waals surface area (Å²) in [5, 5.41) is -0.725. The second kappa shape index (κ2) is 9.16. The standard InChI is InChI=1S/C18H13BrF3NO4S/c1-26-16-7-10(6-12(9-24)28-17(23)25)2-4-15(16)27-14-5-3-11(8-13(14)19)18(20,21)22/h2-9H,1H3,(H2,23,25)/b12-6-. The summed E-state index contributed by atoms with van der Waals surface area (Å²) in [7, 11) is 1.39. The van der Waals surface area contributed by atoms with E-state index in [1.807, 2.05) is 0 Å². The number of ether oxygens (including phenoxy) is 2. The van der Waals surface area contributed by atoms with Crippen molar-refractivity contribution in [2.24, 2.45) is 5.73 Å². The van der Waals surface area contributed by atoms with Crippen LogP contribution in [0.4, 0.5) is 18.0 Å². The lowest BCUT2D eigenvalue weighted by atomic mass is 10.2. The zero-order valence-corrected chi connectivity index (χ0v) is 16.7. The van der Waals surface area contributed by atoms with Crippen molar-refractivity contribution < 1.29 is 32.2 Å². The molecule has 2 rings (SSSR count). The van der Waals surface area contributed by atoms with Gasteiger partial charge in [-0.2, -0.15) is 13.2 Å². The molecule has 0 aliphatic heterocycles. The van der Waals surface area contributed by atoms with Crippen LogP contribution in [0.5, 0.6) is 17.2 Å². The highest BCUT2D eigenvalue weighted by Crippen LogP contribution is 2.39. The Balaban J connectivity index is 2.31. The number of primary amides is 1. The van der Waals surface area contributed by atoms with Crippen LogP contribution in [-0.2, 0) is 11.0 Å². The summed E-state index contributed by atoms with van der Waals surface area (Å²) in [5.41, 5.74) is 4.77. The largest absolute Gasteiger partial charge is 0.493 e. The predicted molar refractivity (Wildman–Crippen MR) is 103 cm³/mol. The summed E-state index contributed by atoms with van der Waals surface area (Å²) in [6.07, 6.45) is -2.54. The summed E-state index contributed by atoms with van der Waals surface area (Å²) in [4.78, 5) is 22.0. The number of benzene rings is 2. The first-order valence-electron chi connectivity index (χ1n) is 7.51. The van der Waals surface area contributed by atoms with Gasteiger partial charge < -0.3 is 15.2 Å². The minimum Gasteiger partial charge on any atom is -0.493 e. The molecule has 0 bridgehead atoms. The average Bonchev–Trinajstić information content (AvgIpc) is 2.62. The highest BCUT2D eigenvalue weighted by molar-refractivity contribution is 9.10. The molecule has 0 saturated carbocycles. The van der Waals surface area contributed by atoms with Crippen LogP contribution in [-0.4, -0.2) is 18.6 Å². The van der Waals surface area contributed by atoms with Gasteiger partial charge in [0.25, 0.3) is 5.24 Å². The predicted octanol–water partition coefficient (Wildman–Crippen LogP) is 5.62. The Hall–Kier alpha value is -2.46. The maximum Gasteiger partial charge on any atom is 0.416 e. The topological polar surface area (TPSA) is 78.6 Å². The van der Waals surface area contributed by atoms with Crippen LogP contribution < -0.4 is 15.2 Å². The number of methoxy groups -OCH3 is 1. The number of thioether (sulfide) groups is 1. The molecule has 0 aliphatic rings. The fourth-order valence-corrected chi connectivity index (χ4v) is 3.04. The van der Waals surface area contributed by atoms with Gasteiger partial charge in [-0.15, -0.1) is 0 Å². The fourth-order valence-electron chi connectivity index (χ4n) is 2.10. The van der Waals surface area contributed by atoms with E-state index < -0.39 is 17.0 Å². The zero-order chi connectivity index (χ0) is 20.9. The van der Waals surface area contributed by atoms with E-state index in [9.17, 15) is 22.8 Å². The van der Waals surface area contributed by atoms with E-state index >= 15 is 0 Å². The molecule has 2 N–H and O–H groups in total. The molecule has 5 nitrogen and oxygen atoms in total. The van der Waals surface area contributed by atoms with E-state index in [4.69, 9.17) is 15.2 Å². The second-order valence-electron chi connectivity index (χ2n) is 5.24. The van der Waals surface area contributed by atoms with Crippen LogP contribution in [0.25, 0.3) is 6.08 Å². The molecule has 0 atom stereocenters. The SMILES string of the molecule is COc1cc(/C=C(/C=O)SC(N)=O)ccc1Oc1ccc(C(F)(F)F)cc1Br. The van der Waals surface area contributed by atoms with E-state index in [0.29, 0.717) is 23.6 Å². The molecule has 0 unspecified atom stereocenters. The number of aldehydes is 1. The summed E-state index contributed by atoms with van der Waals surface area (Å²) in [5.74, 6) is 0.678. The Labute approximate surface area is 170 Å². The van der Waals surface area contributed by atoms with Crippen LogP contribution in [0.1, 0.15) is 11.1 Å². The Bertz CT molecular complexity index is 932. The highest BCUT2D eigenvalue weighted by atomic mass is 79.9. The fraction of sp³-hybridized carbons (Fsp3) is 0.111. The van der Waals surface area contributed by atoms with Crippen molar-refractivity contribution in [2.45, 2.75) is 6.18 Å². The molecule has 0 spiro atoms. The van der Waals surface area contributed by atoms with Crippen LogP contribution >= 0.6 is 27.7 Å². The minimum atomic E-state index is -4.47. The van der Waals surface area contributed by atoms with E-state index in [1.165, 1.54) is 25.3 Å². The smallest absolute Gasteiger partial charge is 0.416 e. The van der Waals surface area contributed by atoms with Gasteiger partial charge in [-0.05, 0) is 69.7 Å². The zero-order valence-electron chi connectivity index (χ0n) is 14.2. The lowest BCUT2D eigenvalue weighted by Crippen LogP contribution is -2.04. The average molecular weight is 476 g/mol. The molecule has 0 heterocycles. The summed E-state index contributed by atoms with van der Waals surface area (Å²) in [6.45, 7) is 0. The number of nitrogens with two attached hydrogens (primary N) is 1. The second-order valence-corrected chi connectivity index (χ2v) is 7.17. The highest BCUT2D eigenvalue weighted by Gasteiger charge is 2.31. The van der Waals surface area contributed by atoms with Gasteiger partial charge in [-0.1, -0.05) is 6.07 Å². The van der Waals surface area contributed by atoms with Crippen LogP contribution in [0.3, 0.4) is 0 Å². The van der Waals surface area contributed by atoms with E-state index in [0.717, 1.165) is 12.1 Å². The molecule has 10 heteroatoms. The molecule has 0 aromatic heterocycles. The minimum absolute atomic E-state index is 0.105. The number of allylic oxidation sites excluding steroid dienone is 1. The molecular weight excluding hydrogens is 463 g/mol. The third-order valence-corrected chi connectivity index (χ3v) is 4.58. The molecular formula is C18H13BrF3NO4S. The Morgan fingerprint density at radius 3 is 2.36 bits per heavy atom. The number of amides is 1. The number of carbonyl (C=O) groups excluding carboxylic acids is 2. The van der Waals surface area contributed by atoms with Gasteiger partial charge in [0.1, 0.15) is 5.75 Å². The molecule has 28 heavy (non-hydrogen) atoms. The van der Waals surface area contributed by atoms with E-state index in [-0.39, 0.29) is 26.6 Å². The molecule has 2 aromatic rings. The lowest BCUT2D eigenvalue weighted by molar-refractivity contribution is -0.137. The Morgan fingerprint density at radius 1 is 1.14 bits per heavy atom. The quantitative estimate of drug-likeness (QED) is 0.433. The number of hydrogen-bond donors (Lipinski definition) is 1. The van der Waals surface area contributed by atoms with Crippen molar-refractivity contribution >= 4 is 45.3 Å². The summed E-state index contributed by atoms with van der Waals surface area (Å²) in [6, 6.07) is 7.65. The van der Waals surface area contributed by atoms with Crippen LogP contribution in [0, 0.1) is 0 Å². The number of alkyl halides is 3.